The lowest BCUT2D eigenvalue weighted by atomic mass is 10.0. The maximum atomic E-state index is 12.2. The molecule has 0 aromatic carbocycles. The summed E-state index contributed by atoms with van der Waals surface area (Å²) in [5, 5.41) is 3.32. The van der Waals surface area contributed by atoms with E-state index in [-0.39, 0.29) is 23.9 Å². The Balaban J connectivity index is 1.79. The molecule has 0 saturated carbocycles. The summed E-state index contributed by atoms with van der Waals surface area (Å²) in [6.45, 7) is 0. The number of rotatable bonds is 4. The predicted molar refractivity (Wildman–Crippen MR) is 94.0 cm³/mol. The first kappa shape index (κ1) is 16.9. The van der Waals surface area contributed by atoms with Crippen LogP contribution in [0.2, 0.25) is 0 Å². The van der Waals surface area contributed by atoms with Gasteiger partial charge in [0.2, 0.25) is 5.91 Å². The Kier molecular flexibility index (Phi) is 4.65. The number of amides is 2. The van der Waals surface area contributed by atoms with E-state index in [1.54, 1.807) is 56.8 Å². The molecule has 1 aliphatic rings. The van der Waals surface area contributed by atoms with Gasteiger partial charge in [0.05, 0.1) is 17.6 Å². The fourth-order valence-corrected chi connectivity index (χ4v) is 3.06. The molecule has 1 saturated heterocycles. The molecule has 7 heteroatoms. The van der Waals surface area contributed by atoms with Crippen molar-refractivity contribution in [3.05, 3.63) is 54.0 Å². The Bertz CT molecular complexity index is 761. The monoisotopic (exact) mass is 339 g/mol. The number of hydrogen-bond donors (Lipinski definition) is 1. The molecule has 0 unspecified atom stereocenters. The van der Waals surface area contributed by atoms with E-state index >= 15 is 0 Å². The molecule has 2 amide bonds. The van der Waals surface area contributed by atoms with Crippen LogP contribution in [-0.4, -0.2) is 58.8 Å². The van der Waals surface area contributed by atoms with Gasteiger partial charge >= 0.3 is 0 Å². The third-order valence-electron chi connectivity index (χ3n) is 4.36. The lowest BCUT2D eigenvalue weighted by molar-refractivity contribution is -0.127. The second kappa shape index (κ2) is 6.88. The van der Waals surface area contributed by atoms with E-state index in [9.17, 15) is 9.59 Å². The summed E-state index contributed by atoms with van der Waals surface area (Å²) in [5.74, 6) is 0.617. The molecule has 2 atom stereocenters. The molecule has 0 bridgehead atoms. The van der Waals surface area contributed by atoms with Gasteiger partial charge in [-0.25, -0.2) is 4.98 Å². The first-order chi connectivity index (χ1) is 12.0. The third kappa shape index (κ3) is 3.45. The van der Waals surface area contributed by atoms with E-state index < -0.39 is 0 Å². The zero-order valence-electron chi connectivity index (χ0n) is 14.5. The molecular weight excluding hydrogens is 318 g/mol. The van der Waals surface area contributed by atoms with Crippen LogP contribution in [0.1, 0.15) is 28.4 Å². The van der Waals surface area contributed by atoms with Crippen LogP contribution in [0.25, 0.3) is 0 Å². The summed E-state index contributed by atoms with van der Waals surface area (Å²) in [4.78, 5) is 35.8. The van der Waals surface area contributed by atoms with Crippen molar-refractivity contribution in [2.75, 3.05) is 26.5 Å². The first-order valence-electron chi connectivity index (χ1n) is 8.07. The van der Waals surface area contributed by atoms with E-state index in [4.69, 9.17) is 0 Å². The van der Waals surface area contributed by atoms with Gasteiger partial charge in [-0.05, 0) is 23.8 Å². The van der Waals surface area contributed by atoms with Crippen molar-refractivity contribution in [3.8, 4) is 0 Å². The highest BCUT2D eigenvalue weighted by molar-refractivity contribution is 5.93. The largest absolute Gasteiger partial charge is 0.364 e. The maximum Gasteiger partial charge on any atom is 0.254 e. The molecule has 130 valence electrons. The number of likely N-dealkylation sites (N-methyl/N-ethyl adjacent to an activating group) is 1. The summed E-state index contributed by atoms with van der Waals surface area (Å²) in [6.07, 6.45) is 5.42. The Morgan fingerprint density at radius 3 is 2.68 bits per heavy atom. The SMILES string of the molecule is CN(C)C(=O)c1ccc(N[C@@H]2CC(=O)N(C)[C@H]2c2cccnc2)nc1. The lowest BCUT2D eigenvalue weighted by Gasteiger charge is -2.26. The number of carbonyl (C=O) groups excluding carboxylic acids is 2. The van der Waals surface area contributed by atoms with E-state index in [0.29, 0.717) is 17.8 Å². The van der Waals surface area contributed by atoms with Crippen LogP contribution in [0.5, 0.6) is 0 Å². The van der Waals surface area contributed by atoms with Gasteiger partial charge < -0.3 is 15.1 Å². The second-order valence-corrected chi connectivity index (χ2v) is 6.32. The number of nitrogens with zero attached hydrogens (tertiary/aromatic N) is 4. The van der Waals surface area contributed by atoms with Crippen LogP contribution in [-0.2, 0) is 4.79 Å². The number of aromatic nitrogens is 2. The van der Waals surface area contributed by atoms with Crippen molar-refractivity contribution < 1.29 is 9.59 Å². The molecule has 2 aromatic rings. The summed E-state index contributed by atoms with van der Waals surface area (Å²) in [7, 11) is 5.20. The van der Waals surface area contributed by atoms with Crippen molar-refractivity contribution in [3.63, 3.8) is 0 Å². The van der Waals surface area contributed by atoms with Crippen LogP contribution >= 0.6 is 0 Å². The highest BCUT2D eigenvalue weighted by Crippen LogP contribution is 2.33. The Morgan fingerprint density at radius 1 is 1.28 bits per heavy atom. The van der Waals surface area contributed by atoms with Gasteiger partial charge in [0.1, 0.15) is 5.82 Å². The smallest absolute Gasteiger partial charge is 0.254 e. The number of hydrogen-bond acceptors (Lipinski definition) is 5. The van der Waals surface area contributed by atoms with Crippen LogP contribution < -0.4 is 5.32 Å². The Morgan fingerprint density at radius 2 is 2.08 bits per heavy atom. The molecule has 3 heterocycles. The molecule has 0 radical (unpaired) electrons. The predicted octanol–water partition coefficient (Wildman–Crippen LogP) is 1.56. The summed E-state index contributed by atoms with van der Waals surface area (Å²) in [5.41, 5.74) is 1.51. The summed E-state index contributed by atoms with van der Waals surface area (Å²) in [6, 6.07) is 7.11. The van der Waals surface area contributed by atoms with Crippen molar-refractivity contribution >= 4 is 17.6 Å². The quantitative estimate of drug-likeness (QED) is 0.915. The molecule has 1 fully saturated rings. The number of nitrogens with one attached hydrogen (secondary N) is 1. The fourth-order valence-electron chi connectivity index (χ4n) is 3.06. The first-order valence-corrected chi connectivity index (χ1v) is 8.07. The molecular formula is C18H21N5O2. The van der Waals surface area contributed by atoms with Gasteiger partial charge in [0.15, 0.2) is 0 Å². The molecule has 0 spiro atoms. The second-order valence-electron chi connectivity index (χ2n) is 6.32. The minimum Gasteiger partial charge on any atom is -0.364 e. The van der Waals surface area contributed by atoms with E-state index in [1.165, 1.54) is 4.90 Å². The van der Waals surface area contributed by atoms with Crippen molar-refractivity contribution in [1.82, 2.24) is 19.8 Å². The molecule has 2 aromatic heterocycles. The van der Waals surface area contributed by atoms with Gasteiger partial charge in [0.25, 0.3) is 5.91 Å². The topological polar surface area (TPSA) is 78.4 Å². The Hall–Kier alpha value is -2.96. The summed E-state index contributed by atoms with van der Waals surface area (Å²) >= 11 is 0. The molecule has 3 rings (SSSR count). The number of anilines is 1. The number of likely N-dealkylation sites (tertiary alicyclic amines) is 1. The van der Waals surface area contributed by atoms with Gasteiger partial charge in [-0.15, -0.1) is 0 Å². The van der Waals surface area contributed by atoms with Gasteiger partial charge in [-0.2, -0.15) is 0 Å². The average molecular weight is 339 g/mol. The highest BCUT2D eigenvalue weighted by atomic mass is 16.2. The zero-order valence-corrected chi connectivity index (χ0v) is 14.5. The third-order valence-corrected chi connectivity index (χ3v) is 4.36. The van der Waals surface area contributed by atoms with Crippen LogP contribution in [0.3, 0.4) is 0 Å². The minimum absolute atomic E-state index is 0.0748. The zero-order chi connectivity index (χ0) is 18.0. The maximum absolute atomic E-state index is 12.2. The minimum atomic E-state index is -0.107. The van der Waals surface area contributed by atoms with E-state index in [2.05, 4.69) is 15.3 Å². The molecule has 25 heavy (non-hydrogen) atoms. The standard InChI is InChI=1S/C18H21N5O2/c1-22(2)18(25)13-6-7-15(20-11-13)21-14-9-16(24)23(3)17(14)12-5-4-8-19-10-12/h4-8,10-11,14,17H,9H2,1-3H3,(H,20,21)/t14-,17+/m1/s1. The Labute approximate surface area is 146 Å². The van der Waals surface area contributed by atoms with Crippen LogP contribution in [0.4, 0.5) is 5.82 Å². The molecule has 7 nitrogen and oxygen atoms in total. The van der Waals surface area contributed by atoms with Crippen LogP contribution in [0, 0.1) is 0 Å². The molecule has 0 aliphatic carbocycles. The highest BCUT2D eigenvalue weighted by Gasteiger charge is 2.38. The van der Waals surface area contributed by atoms with Gasteiger partial charge in [-0.1, -0.05) is 6.07 Å². The fraction of sp³-hybridized carbons (Fsp3) is 0.333. The van der Waals surface area contributed by atoms with Crippen molar-refractivity contribution in [2.24, 2.45) is 0 Å². The number of carbonyl (C=O) groups is 2. The van der Waals surface area contributed by atoms with Crippen molar-refractivity contribution in [1.29, 1.82) is 0 Å². The van der Waals surface area contributed by atoms with Crippen molar-refractivity contribution in [2.45, 2.75) is 18.5 Å². The van der Waals surface area contributed by atoms with Crippen LogP contribution in [0.15, 0.2) is 42.9 Å². The van der Waals surface area contributed by atoms with E-state index in [0.717, 1.165) is 5.56 Å². The molecule has 1 N–H and O–H groups in total. The molecule has 1 aliphatic heterocycles. The average Bonchev–Trinajstić information content (AvgIpc) is 2.89. The van der Waals surface area contributed by atoms with Gasteiger partial charge in [0, 0.05) is 46.2 Å². The summed E-state index contributed by atoms with van der Waals surface area (Å²) < 4.78 is 0. The normalized spacial score (nSPS) is 19.8. The lowest BCUT2D eigenvalue weighted by Crippen LogP contribution is -2.30. The van der Waals surface area contributed by atoms with E-state index in [1.807, 2.05) is 12.1 Å². The number of pyridine rings is 2. The van der Waals surface area contributed by atoms with Gasteiger partial charge in [-0.3, -0.25) is 14.6 Å².